The van der Waals surface area contributed by atoms with Gasteiger partial charge in [0.25, 0.3) is 0 Å². The van der Waals surface area contributed by atoms with Gasteiger partial charge in [-0.25, -0.2) is 0 Å². The highest BCUT2D eigenvalue weighted by atomic mass is 35.5. The third-order valence-corrected chi connectivity index (χ3v) is 5.94. The molecule has 0 amide bonds. The molecule has 0 fully saturated rings. The van der Waals surface area contributed by atoms with Crippen LogP contribution in [0.1, 0.15) is 143 Å². The Morgan fingerprint density at radius 2 is 0.760 bits per heavy atom. The van der Waals surface area contributed by atoms with E-state index in [-0.39, 0.29) is 17.9 Å². The minimum atomic E-state index is 0. The second-order valence-electron chi connectivity index (χ2n) is 8.12. The first kappa shape index (κ1) is 27.5. The van der Waals surface area contributed by atoms with Gasteiger partial charge < -0.3 is 5.73 Å². The van der Waals surface area contributed by atoms with Crippen molar-refractivity contribution in [1.29, 1.82) is 0 Å². The van der Waals surface area contributed by atoms with Crippen molar-refractivity contribution >= 4 is 12.4 Å². The summed E-state index contributed by atoms with van der Waals surface area (Å²) in [5, 5.41) is 0. The Morgan fingerprint density at radius 3 is 1.04 bits per heavy atom. The molecule has 0 aromatic rings. The molecule has 0 rings (SSSR count). The number of halogens is 1. The van der Waals surface area contributed by atoms with E-state index < -0.39 is 0 Å². The highest BCUT2D eigenvalue weighted by Crippen LogP contribution is 2.20. The first-order valence-corrected chi connectivity index (χ1v) is 11.5. The van der Waals surface area contributed by atoms with Crippen LogP contribution in [-0.4, -0.2) is 5.54 Å². The Kier molecular flexibility index (Phi) is 22.6. The molecule has 0 aliphatic rings. The zero-order chi connectivity index (χ0) is 17.9. The lowest BCUT2D eigenvalue weighted by Crippen LogP contribution is -2.38. The van der Waals surface area contributed by atoms with Gasteiger partial charge in [0.15, 0.2) is 0 Å². The lowest BCUT2D eigenvalue weighted by atomic mass is 9.88. The highest BCUT2D eigenvalue weighted by molar-refractivity contribution is 5.85. The Labute approximate surface area is 166 Å². The van der Waals surface area contributed by atoms with Crippen molar-refractivity contribution in [3.8, 4) is 0 Å². The lowest BCUT2D eigenvalue weighted by molar-refractivity contribution is 0.350. The van der Waals surface area contributed by atoms with Crippen molar-refractivity contribution in [3.05, 3.63) is 0 Å². The number of hydrogen-bond donors (Lipinski definition) is 1. The van der Waals surface area contributed by atoms with E-state index in [4.69, 9.17) is 5.73 Å². The van der Waals surface area contributed by atoms with Crippen LogP contribution in [0.2, 0.25) is 0 Å². The number of nitrogens with two attached hydrogens (primary N) is 1. The van der Waals surface area contributed by atoms with Crippen molar-refractivity contribution in [2.45, 2.75) is 148 Å². The van der Waals surface area contributed by atoms with E-state index in [0.29, 0.717) is 0 Å². The van der Waals surface area contributed by atoms with Crippen LogP contribution in [0, 0.1) is 0 Å². The van der Waals surface area contributed by atoms with Gasteiger partial charge in [-0.1, -0.05) is 124 Å². The molecule has 0 aromatic heterocycles. The molecule has 0 aliphatic carbocycles. The van der Waals surface area contributed by atoms with Crippen LogP contribution in [-0.2, 0) is 0 Å². The average molecular weight is 376 g/mol. The Balaban J connectivity index is 0. The maximum absolute atomic E-state index is 6.36. The smallest absolute Gasteiger partial charge is 0.0149 e. The van der Waals surface area contributed by atoms with Crippen LogP contribution in [0.4, 0.5) is 0 Å². The van der Waals surface area contributed by atoms with Gasteiger partial charge in [-0.05, 0) is 19.3 Å². The fourth-order valence-electron chi connectivity index (χ4n) is 3.63. The molecule has 0 aliphatic heterocycles. The fraction of sp³-hybridized carbons (Fsp3) is 1.00. The maximum Gasteiger partial charge on any atom is 0.0149 e. The molecule has 25 heavy (non-hydrogen) atoms. The van der Waals surface area contributed by atoms with E-state index in [9.17, 15) is 0 Å². The zero-order valence-electron chi connectivity index (χ0n) is 17.9. The van der Waals surface area contributed by atoms with Crippen LogP contribution in [0.25, 0.3) is 0 Å². The molecule has 0 saturated heterocycles. The van der Waals surface area contributed by atoms with Gasteiger partial charge in [-0.2, -0.15) is 0 Å². The highest BCUT2D eigenvalue weighted by Gasteiger charge is 2.18. The summed E-state index contributed by atoms with van der Waals surface area (Å²) in [5.41, 5.74) is 6.48. The van der Waals surface area contributed by atoms with Crippen LogP contribution in [0.3, 0.4) is 0 Å². The summed E-state index contributed by atoms with van der Waals surface area (Å²) in [6.45, 7) is 6.76. The zero-order valence-corrected chi connectivity index (χ0v) is 18.7. The minimum absolute atomic E-state index is 0. The topological polar surface area (TPSA) is 26.0 Å². The number of unbranched alkanes of at least 4 members (excludes halogenated alkanes) is 15. The van der Waals surface area contributed by atoms with E-state index in [1.807, 2.05) is 0 Å². The van der Waals surface area contributed by atoms with Gasteiger partial charge in [0, 0.05) is 5.54 Å². The summed E-state index contributed by atoms with van der Waals surface area (Å²) in [6.07, 6.45) is 26.5. The Morgan fingerprint density at radius 1 is 0.480 bits per heavy atom. The van der Waals surface area contributed by atoms with E-state index in [1.165, 1.54) is 109 Å². The van der Waals surface area contributed by atoms with Crippen molar-refractivity contribution in [2.75, 3.05) is 0 Å². The van der Waals surface area contributed by atoms with Gasteiger partial charge in [0.05, 0.1) is 0 Å². The molecule has 0 spiro atoms. The van der Waals surface area contributed by atoms with Crippen LogP contribution in [0.15, 0.2) is 0 Å². The molecule has 1 nitrogen and oxygen atoms in total. The average Bonchev–Trinajstić information content (AvgIpc) is 2.61. The first-order valence-electron chi connectivity index (χ1n) is 11.5. The predicted molar refractivity (Wildman–Crippen MR) is 119 cm³/mol. The van der Waals surface area contributed by atoms with Gasteiger partial charge >= 0.3 is 0 Å². The van der Waals surface area contributed by atoms with Crippen molar-refractivity contribution in [2.24, 2.45) is 5.73 Å². The maximum atomic E-state index is 6.36. The molecule has 0 radical (unpaired) electrons. The fourth-order valence-corrected chi connectivity index (χ4v) is 3.63. The summed E-state index contributed by atoms with van der Waals surface area (Å²) in [6, 6.07) is 0. The number of rotatable bonds is 19. The van der Waals surface area contributed by atoms with Gasteiger partial charge in [0.2, 0.25) is 0 Å². The van der Waals surface area contributed by atoms with Crippen molar-refractivity contribution in [3.63, 3.8) is 0 Å². The lowest BCUT2D eigenvalue weighted by Gasteiger charge is -2.26. The molecule has 2 heteroatoms. The number of hydrogen-bond acceptors (Lipinski definition) is 1. The summed E-state index contributed by atoms with van der Waals surface area (Å²) in [7, 11) is 0. The second-order valence-corrected chi connectivity index (χ2v) is 8.12. The summed E-state index contributed by atoms with van der Waals surface area (Å²) >= 11 is 0. The van der Waals surface area contributed by atoms with Crippen molar-refractivity contribution in [1.82, 2.24) is 0 Å². The summed E-state index contributed by atoms with van der Waals surface area (Å²) < 4.78 is 0. The molecule has 0 atom stereocenters. The third kappa shape index (κ3) is 18.8. The Hall–Kier alpha value is 0.250. The molecular formula is C23H50ClN. The molecular weight excluding hydrogens is 326 g/mol. The van der Waals surface area contributed by atoms with Crippen LogP contribution < -0.4 is 5.73 Å². The van der Waals surface area contributed by atoms with Crippen LogP contribution in [0.5, 0.6) is 0 Å². The largest absolute Gasteiger partial charge is 0.325 e. The SMILES string of the molecule is CCCCCCCCCCCCCCCCCCC(N)(CC)CC.Cl. The Bertz CT molecular complexity index is 238. The monoisotopic (exact) mass is 375 g/mol. The van der Waals surface area contributed by atoms with Crippen LogP contribution >= 0.6 is 12.4 Å². The molecule has 0 aromatic carbocycles. The quantitative estimate of drug-likeness (QED) is 0.225. The molecule has 0 saturated carbocycles. The van der Waals surface area contributed by atoms with Gasteiger partial charge in [-0.15, -0.1) is 12.4 Å². The van der Waals surface area contributed by atoms with Gasteiger partial charge in [0.1, 0.15) is 0 Å². The molecule has 154 valence electrons. The molecule has 0 unspecified atom stereocenters. The molecule has 2 N–H and O–H groups in total. The standard InChI is InChI=1S/C23H49N.ClH/c1-4-7-8-9-10-11-12-13-14-15-16-17-18-19-20-21-22-23(24,5-2)6-3;/h4-22,24H2,1-3H3;1H. The first-order chi connectivity index (χ1) is 11.7. The predicted octanol–water partition coefficient (Wildman–Crippen LogP) is 8.58. The summed E-state index contributed by atoms with van der Waals surface area (Å²) in [5.74, 6) is 0. The minimum Gasteiger partial charge on any atom is -0.325 e. The van der Waals surface area contributed by atoms with Gasteiger partial charge in [-0.3, -0.25) is 0 Å². The molecule has 0 bridgehead atoms. The normalized spacial score (nSPS) is 11.5. The second kappa shape index (κ2) is 20.6. The van der Waals surface area contributed by atoms with E-state index >= 15 is 0 Å². The summed E-state index contributed by atoms with van der Waals surface area (Å²) in [4.78, 5) is 0. The van der Waals surface area contributed by atoms with E-state index in [0.717, 1.165) is 12.8 Å². The van der Waals surface area contributed by atoms with E-state index in [1.54, 1.807) is 0 Å². The van der Waals surface area contributed by atoms with E-state index in [2.05, 4.69) is 20.8 Å². The van der Waals surface area contributed by atoms with Crippen molar-refractivity contribution < 1.29 is 0 Å². The molecule has 0 heterocycles. The third-order valence-electron chi connectivity index (χ3n) is 5.94.